The molecule has 1 atom stereocenters. The van der Waals surface area contributed by atoms with E-state index in [9.17, 15) is 4.79 Å². The number of ether oxygens (including phenoxy) is 1. The number of allylic oxidation sites excluding steroid dienone is 4. The van der Waals surface area contributed by atoms with Gasteiger partial charge in [-0.15, -0.1) is 11.8 Å². The van der Waals surface area contributed by atoms with Crippen LogP contribution in [0.4, 0.5) is 5.69 Å². The molecule has 31 heavy (non-hydrogen) atoms. The van der Waals surface area contributed by atoms with E-state index >= 15 is 0 Å². The molecule has 4 nitrogen and oxygen atoms in total. The van der Waals surface area contributed by atoms with Gasteiger partial charge in [-0.05, 0) is 54.3 Å². The highest BCUT2D eigenvalue weighted by atomic mass is 32.2. The van der Waals surface area contributed by atoms with Gasteiger partial charge in [0.05, 0.1) is 12.9 Å². The Morgan fingerprint density at radius 1 is 1.39 bits per heavy atom. The molecule has 0 saturated carbocycles. The number of benzene rings is 1. The summed E-state index contributed by atoms with van der Waals surface area (Å²) in [5.74, 6) is 1.72. The molecule has 2 aliphatic rings. The predicted octanol–water partition coefficient (Wildman–Crippen LogP) is 5.67. The smallest absolute Gasteiger partial charge is 0.251 e. The minimum Gasteiger partial charge on any atom is -0.501 e. The number of rotatable bonds is 8. The van der Waals surface area contributed by atoms with Crippen LogP contribution in [-0.2, 0) is 4.74 Å². The summed E-state index contributed by atoms with van der Waals surface area (Å²) >= 11 is 1.81. The average molecular weight is 435 g/mol. The van der Waals surface area contributed by atoms with Crippen LogP contribution in [0.25, 0.3) is 0 Å². The predicted molar refractivity (Wildman–Crippen MR) is 132 cm³/mol. The zero-order chi connectivity index (χ0) is 22.4. The summed E-state index contributed by atoms with van der Waals surface area (Å²) in [6, 6.07) is 5.82. The van der Waals surface area contributed by atoms with Crippen LogP contribution in [0, 0.1) is 6.92 Å². The van der Waals surface area contributed by atoms with Crippen molar-refractivity contribution >= 4 is 23.4 Å². The van der Waals surface area contributed by atoms with Crippen LogP contribution in [0.2, 0.25) is 0 Å². The van der Waals surface area contributed by atoms with Crippen molar-refractivity contribution < 1.29 is 9.53 Å². The molecule has 0 radical (unpaired) electrons. The fourth-order valence-electron chi connectivity index (χ4n) is 3.79. The van der Waals surface area contributed by atoms with Gasteiger partial charge in [0, 0.05) is 35.7 Å². The number of thioether (sulfide) groups is 1. The summed E-state index contributed by atoms with van der Waals surface area (Å²) in [4.78, 5) is 15.0. The Labute approximate surface area is 189 Å². The van der Waals surface area contributed by atoms with Crippen LogP contribution in [0.5, 0.6) is 0 Å². The van der Waals surface area contributed by atoms with Crippen molar-refractivity contribution in [2.24, 2.45) is 0 Å². The molecule has 1 saturated heterocycles. The van der Waals surface area contributed by atoms with Gasteiger partial charge in [0.25, 0.3) is 5.91 Å². The molecular formula is C26H30N2O2S. The van der Waals surface area contributed by atoms with Gasteiger partial charge in [-0.2, -0.15) is 0 Å². The number of nitrogens with one attached hydrogen (secondary N) is 1. The lowest BCUT2D eigenvalue weighted by molar-refractivity contribution is 0.0957. The minimum atomic E-state index is -0.0852. The highest BCUT2D eigenvalue weighted by Crippen LogP contribution is 2.40. The molecule has 0 bridgehead atoms. The summed E-state index contributed by atoms with van der Waals surface area (Å²) < 4.78 is 5.33. The molecule has 3 rings (SSSR count). The van der Waals surface area contributed by atoms with Crippen molar-refractivity contribution in [1.29, 1.82) is 0 Å². The van der Waals surface area contributed by atoms with Crippen LogP contribution in [-0.4, -0.2) is 30.7 Å². The Balaban J connectivity index is 1.75. The van der Waals surface area contributed by atoms with Crippen molar-refractivity contribution in [2.75, 3.05) is 24.3 Å². The zero-order valence-corrected chi connectivity index (χ0v) is 19.1. The SMILES string of the molecule is C=C/C=C(\C=C)C1SCC(=C)N1c1ccc(C(=O)NCC2=CCCC(OC)=C2)cc1C. The quantitative estimate of drug-likeness (QED) is 0.536. The lowest BCUT2D eigenvalue weighted by Crippen LogP contribution is -2.29. The second kappa shape index (κ2) is 10.4. The zero-order valence-electron chi connectivity index (χ0n) is 18.3. The first kappa shape index (κ1) is 22.8. The topological polar surface area (TPSA) is 41.6 Å². The molecule has 0 aromatic heterocycles. The molecule has 1 heterocycles. The van der Waals surface area contributed by atoms with Gasteiger partial charge >= 0.3 is 0 Å². The van der Waals surface area contributed by atoms with E-state index in [4.69, 9.17) is 4.74 Å². The van der Waals surface area contributed by atoms with Crippen LogP contribution in [0.3, 0.4) is 0 Å². The standard InChI is InChI=1S/C26H30N2O2S/c1-6-9-21(7-2)26-28(19(4)17-31-26)24-13-12-22(14-18(24)3)25(29)27-16-20-10-8-11-23(15-20)30-5/h6-7,9-10,12-15,26H,1-2,4,8,11,16-17H2,3,5H3,(H,27,29)/b21-9+. The molecule has 1 amide bonds. The van der Waals surface area contributed by atoms with Gasteiger partial charge in [0.15, 0.2) is 0 Å². The number of aryl methyl sites for hydroxylation is 1. The van der Waals surface area contributed by atoms with Crippen molar-refractivity contribution in [3.05, 3.63) is 102 Å². The van der Waals surface area contributed by atoms with E-state index < -0.39 is 0 Å². The summed E-state index contributed by atoms with van der Waals surface area (Å²) in [5, 5.41) is 3.11. The highest BCUT2D eigenvalue weighted by molar-refractivity contribution is 8.00. The fourth-order valence-corrected chi connectivity index (χ4v) is 5.06. The molecule has 1 aliphatic heterocycles. The summed E-state index contributed by atoms with van der Waals surface area (Å²) in [6.45, 7) is 14.5. The van der Waals surface area contributed by atoms with Gasteiger partial charge in [0.1, 0.15) is 5.37 Å². The third kappa shape index (κ3) is 5.23. The first-order chi connectivity index (χ1) is 15.0. The molecular weight excluding hydrogens is 404 g/mol. The molecule has 1 N–H and O–H groups in total. The minimum absolute atomic E-state index is 0.0852. The molecule has 1 aromatic carbocycles. The number of hydrogen-bond acceptors (Lipinski definition) is 4. The van der Waals surface area contributed by atoms with E-state index in [-0.39, 0.29) is 11.3 Å². The number of carbonyl (C=O) groups excluding carboxylic acids is 1. The second-order valence-electron chi connectivity index (χ2n) is 7.52. The number of hydrogen-bond donors (Lipinski definition) is 1. The van der Waals surface area contributed by atoms with E-state index in [1.165, 1.54) is 0 Å². The fraction of sp³-hybridized carbons (Fsp3) is 0.269. The Hall–Kier alpha value is -2.92. The normalized spacial score (nSPS) is 18.9. The van der Waals surface area contributed by atoms with Gasteiger partial charge in [-0.3, -0.25) is 4.79 Å². The summed E-state index contributed by atoms with van der Waals surface area (Å²) in [5.41, 5.74) is 5.93. The summed E-state index contributed by atoms with van der Waals surface area (Å²) in [6.07, 6.45) is 11.6. The van der Waals surface area contributed by atoms with Gasteiger partial charge in [0.2, 0.25) is 0 Å². The molecule has 1 unspecified atom stereocenters. The maximum absolute atomic E-state index is 12.7. The maximum Gasteiger partial charge on any atom is 0.251 e. The summed E-state index contributed by atoms with van der Waals surface area (Å²) in [7, 11) is 1.68. The van der Waals surface area contributed by atoms with E-state index in [0.717, 1.165) is 52.4 Å². The molecule has 1 fully saturated rings. The van der Waals surface area contributed by atoms with E-state index in [1.807, 2.05) is 55.1 Å². The Bertz CT molecular complexity index is 987. The number of amides is 1. The first-order valence-electron chi connectivity index (χ1n) is 10.3. The largest absolute Gasteiger partial charge is 0.501 e. The third-order valence-corrected chi connectivity index (χ3v) is 6.69. The van der Waals surface area contributed by atoms with Crippen LogP contribution in [0.1, 0.15) is 28.8 Å². The van der Waals surface area contributed by atoms with E-state index in [1.54, 1.807) is 13.2 Å². The number of methoxy groups -OCH3 is 1. The number of carbonyl (C=O) groups is 1. The molecule has 0 spiro atoms. The molecule has 1 aromatic rings. The van der Waals surface area contributed by atoms with Gasteiger partial charge in [-0.25, -0.2) is 0 Å². The average Bonchev–Trinajstić information content (AvgIpc) is 3.16. The third-order valence-electron chi connectivity index (χ3n) is 5.39. The van der Waals surface area contributed by atoms with Crippen molar-refractivity contribution in [3.8, 4) is 0 Å². The highest BCUT2D eigenvalue weighted by Gasteiger charge is 2.31. The second-order valence-corrected chi connectivity index (χ2v) is 8.59. The van der Waals surface area contributed by atoms with Crippen LogP contribution < -0.4 is 10.2 Å². The van der Waals surface area contributed by atoms with Crippen molar-refractivity contribution in [3.63, 3.8) is 0 Å². The molecule has 5 heteroatoms. The van der Waals surface area contributed by atoms with Crippen molar-refractivity contribution in [2.45, 2.75) is 25.1 Å². The van der Waals surface area contributed by atoms with Crippen LogP contribution in [0.15, 0.2) is 90.9 Å². The maximum atomic E-state index is 12.7. The van der Waals surface area contributed by atoms with E-state index in [2.05, 4.69) is 36.0 Å². The lowest BCUT2D eigenvalue weighted by atomic mass is 10.0. The Morgan fingerprint density at radius 3 is 2.87 bits per heavy atom. The van der Waals surface area contributed by atoms with Gasteiger partial charge < -0.3 is 15.0 Å². The number of anilines is 1. The lowest BCUT2D eigenvalue weighted by Gasteiger charge is -2.29. The number of nitrogens with zero attached hydrogens (tertiary/aromatic N) is 1. The molecule has 1 aliphatic carbocycles. The first-order valence-corrected chi connectivity index (χ1v) is 11.4. The Morgan fingerprint density at radius 2 is 2.19 bits per heavy atom. The monoisotopic (exact) mass is 434 g/mol. The van der Waals surface area contributed by atoms with Crippen LogP contribution >= 0.6 is 11.8 Å². The van der Waals surface area contributed by atoms with Crippen molar-refractivity contribution in [1.82, 2.24) is 5.32 Å². The van der Waals surface area contributed by atoms with Gasteiger partial charge in [-0.1, -0.05) is 44.0 Å². The Kier molecular flexibility index (Phi) is 7.64. The molecule has 162 valence electrons. The van der Waals surface area contributed by atoms with E-state index in [0.29, 0.717) is 12.1 Å².